The fourth-order valence-electron chi connectivity index (χ4n) is 2.96. The van der Waals surface area contributed by atoms with Gasteiger partial charge in [-0.05, 0) is 11.8 Å². The highest BCUT2D eigenvalue weighted by Crippen LogP contribution is 2.29. The highest BCUT2D eigenvalue weighted by molar-refractivity contribution is 5.90. The summed E-state index contributed by atoms with van der Waals surface area (Å²) in [6.45, 7) is 2.97. The second kappa shape index (κ2) is 5.32. The number of ether oxygens (including phenoxy) is 1. The minimum Gasteiger partial charge on any atom is -0.465 e. The lowest BCUT2D eigenvalue weighted by atomic mass is 10.0. The Morgan fingerprint density at radius 2 is 2.20 bits per heavy atom. The Morgan fingerprint density at radius 1 is 1.50 bits per heavy atom. The number of anilines is 1. The topological polar surface area (TPSA) is 67.3 Å². The van der Waals surface area contributed by atoms with Gasteiger partial charge in [0.2, 0.25) is 5.95 Å². The molecule has 2 atom stereocenters. The van der Waals surface area contributed by atoms with Crippen LogP contribution < -0.4 is 10.2 Å². The molecule has 0 amide bonds. The number of rotatable bonds is 3. The van der Waals surface area contributed by atoms with E-state index >= 15 is 0 Å². The highest BCUT2D eigenvalue weighted by Gasteiger charge is 2.37. The maximum absolute atomic E-state index is 13.1. The zero-order valence-corrected chi connectivity index (χ0v) is 11.3. The van der Waals surface area contributed by atoms with Gasteiger partial charge in [0.15, 0.2) is 0 Å². The van der Waals surface area contributed by atoms with E-state index in [1.54, 1.807) is 0 Å². The molecule has 20 heavy (non-hydrogen) atoms. The molecule has 3 rings (SSSR count). The van der Waals surface area contributed by atoms with Gasteiger partial charge in [0.05, 0.1) is 12.8 Å². The summed E-state index contributed by atoms with van der Waals surface area (Å²) in [6, 6.07) is 0. The quantitative estimate of drug-likeness (QED) is 0.808. The molecule has 108 valence electrons. The van der Waals surface area contributed by atoms with E-state index in [0.29, 0.717) is 17.8 Å². The fourth-order valence-corrected chi connectivity index (χ4v) is 2.96. The lowest BCUT2D eigenvalue weighted by Gasteiger charge is -2.18. The molecule has 2 aliphatic rings. The van der Waals surface area contributed by atoms with Crippen LogP contribution in [0.1, 0.15) is 16.1 Å². The van der Waals surface area contributed by atoms with Crippen molar-refractivity contribution in [2.75, 3.05) is 38.2 Å². The second-order valence-corrected chi connectivity index (χ2v) is 5.24. The van der Waals surface area contributed by atoms with E-state index in [1.807, 2.05) is 0 Å². The number of alkyl halides is 1. The summed E-state index contributed by atoms with van der Waals surface area (Å²) in [4.78, 5) is 21.9. The van der Waals surface area contributed by atoms with E-state index in [1.165, 1.54) is 13.3 Å². The van der Waals surface area contributed by atoms with Crippen LogP contribution in [0.5, 0.6) is 0 Å². The van der Waals surface area contributed by atoms with E-state index in [9.17, 15) is 9.18 Å². The van der Waals surface area contributed by atoms with E-state index in [2.05, 4.69) is 24.9 Å². The standard InChI is InChI=1S/C13H17FN4O2/c1-20-12(19)10-5-16-13(17-11(10)2-14)18-6-8-3-15-4-9(8)7-18/h5,8-9,15H,2-4,6-7H2,1H3. The number of fused-ring (bicyclic) bond motifs is 1. The van der Waals surface area contributed by atoms with Crippen LogP contribution in [-0.2, 0) is 11.4 Å². The van der Waals surface area contributed by atoms with Gasteiger partial charge in [-0.25, -0.2) is 19.2 Å². The summed E-state index contributed by atoms with van der Waals surface area (Å²) < 4.78 is 17.7. The first-order valence-electron chi connectivity index (χ1n) is 6.68. The number of halogens is 1. The molecule has 2 unspecified atom stereocenters. The molecule has 6 nitrogen and oxygen atoms in total. The first-order valence-corrected chi connectivity index (χ1v) is 6.68. The van der Waals surface area contributed by atoms with E-state index in [-0.39, 0.29) is 11.3 Å². The molecule has 1 aromatic rings. The second-order valence-electron chi connectivity index (χ2n) is 5.24. The van der Waals surface area contributed by atoms with E-state index in [4.69, 9.17) is 0 Å². The number of carbonyl (C=O) groups is 1. The Labute approximate surface area is 116 Å². The molecule has 0 saturated carbocycles. The SMILES string of the molecule is COC(=O)c1cnc(N2CC3CNCC3C2)nc1CF. The Bertz CT molecular complexity index is 513. The summed E-state index contributed by atoms with van der Waals surface area (Å²) in [6.07, 6.45) is 1.36. The average Bonchev–Trinajstić information content (AvgIpc) is 3.07. The van der Waals surface area contributed by atoms with Gasteiger partial charge < -0.3 is 15.0 Å². The van der Waals surface area contributed by atoms with Crippen molar-refractivity contribution in [1.29, 1.82) is 0 Å². The monoisotopic (exact) mass is 280 g/mol. The number of hydrogen-bond donors (Lipinski definition) is 1. The van der Waals surface area contributed by atoms with Crippen LogP contribution in [0, 0.1) is 11.8 Å². The van der Waals surface area contributed by atoms with Crippen molar-refractivity contribution in [2.45, 2.75) is 6.67 Å². The van der Waals surface area contributed by atoms with Crippen LogP contribution in [0.15, 0.2) is 6.20 Å². The number of nitrogens with zero attached hydrogens (tertiary/aromatic N) is 3. The lowest BCUT2D eigenvalue weighted by molar-refractivity contribution is 0.0597. The van der Waals surface area contributed by atoms with E-state index < -0.39 is 12.6 Å². The first-order chi connectivity index (χ1) is 9.72. The van der Waals surface area contributed by atoms with Crippen LogP contribution in [0.25, 0.3) is 0 Å². The molecule has 0 spiro atoms. The molecule has 1 N–H and O–H groups in total. The number of carbonyl (C=O) groups excluding carboxylic acids is 1. The maximum Gasteiger partial charge on any atom is 0.341 e. The third-order valence-electron chi connectivity index (χ3n) is 4.06. The minimum absolute atomic E-state index is 0.0945. The van der Waals surface area contributed by atoms with Gasteiger partial charge >= 0.3 is 5.97 Å². The van der Waals surface area contributed by atoms with Gasteiger partial charge in [0.25, 0.3) is 0 Å². The molecule has 0 radical (unpaired) electrons. The molecular formula is C13H17FN4O2. The molecular weight excluding hydrogens is 263 g/mol. The Balaban J connectivity index is 1.83. The Kier molecular flexibility index (Phi) is 3.52. The first kappa shape index (κ1) is 13.2. The smallest absolute Gasteiger partial charge is 0.341 e. The van der Waals surface area contributed by atoms with Crippen molar-refractivity contribution in [3.63, 3.8) is 0 Å². The number of nitrogens with one attached hydrogen (secondary N) is 1. The van der Waals surface area contributed by atoms with Gasteiger partial charge in [-0.3, -0.25) is 0 Å². The molecule has 0 bridgehead atoms. The molecule has 7 heteroatoms. The molecule has 2 saturated heterocycles. The molecule has 2 fully saturated rings. The zero-order valence-electron chi connectivity index (χ0n) is 11.3. The highest BCUT2D eigenvalue weighted by atomic mass is 19.1. The number of aromatic nitrogens is 2. The van der Waals surface area contributed by atoms with Crippen LogP contribution in [-0.4, -0.2) is 49.2 Å². The Morgan fingerprint density at radius 3 is 2.80 bits per heavy atom. The number of methoxy groups -OCH3 is 1. The zero-order chi connectivity index (χ0) is 14.1. The van der Waals surface area contributed by atoms with Crippen molar-refractivity contribution in [3.8, 4) is 0 Å². The summed E-state index contributed by atoms with van der Waals surface area (Å²) in [5.41, 5.74) is 0.192. The Hall–Kier alpha value is -1.76. The predicted molar refractivity (Wildman–Crippen MR) is 70.2 cm³/mol. The van der Waals surface area contributed by atoms with Crippen molar-refractivity contribution >= 4 is 11.9 Å². The lowest BCUT2D eigenvalue weighted by Crippen LogP contribution is -2.27. The largest absolute Gasteiger partial charge is 0.465 e. The van der Waals surface area contributed by atoms with Crippen LogP contribution in [0.4, 0.5) is 10.3 Å². The van der Waals surface area contributed by atoms with Gasteiger partial charge in [0, 0.05) is 32.4 Å². The summed E-state index contributed by atoms with van der Waals surface area (Å²) >= 11 is 0. The summed E-state index contributed by atoms with van der Waals surface area (Å²) in [7, 11) is 1.26. The summed E-state index contributed by atoms with van der Waals surface area (Å²) in [5, 5.41) is 3.36. The number of esters is 1. The molecule has 0 aliphatic carbocycles. The molecule has 1 aromatic heterocycles. The summed E-state index contributed by atoms with van der Waals surface area (Å²) in [5.74, 6) is 1.10. The van der Waals surface area contributed by atoms with E-state index in [0.717, 1.165) is 26.2 Å². The number of hydrogen-bond acceptors (Lipinski definition) is 6. The van der Waals surface area contributed by atoms with Crippen LogP contribution in [0.3, 0.4) is 0 Å². The van der Waals surface area contributed by atoms with Gasteiger partial charge in [-0.15, -0.1) is 0 Å². The van der Waals surface area contributed by atoms with Gasteiger partial charge in [-0.1, -0.05) is 0 Å². The van der Waals surface area contributed by atoms with Crippen molar-refractivity contribution < 1.29 is 13.9 Å². The average molecular weight is 280 g/mol. The third kappa shape index (κ3) is 2.22. The maximum atomic E-state index is 13.1. The van der Waals surface area contributed by atoms with Crippen molar-refractivity contribution in [2.24, 2.45) is 11.8 Å². The fraction of sp³-hybridized carbons (Fsp3) is 0.615. The predicted octanol–water partition coefficient (Wildman–Crippen LogP) is 0.388. The molecule has 0 aromatic carbocycles. The van der Waals surface area contributed by atoms with Crippen LogP contribution >= 0.6 is 0 Å². The van der Waals surface area contributed by atoms with Crippen molar-refractivity contribution in [1.82, 2.24) is 15.3 Å². The van der Waals surface area contributed by atoms with Crippen LogP contribution in [0.2, 0.25) is 0 Å². The van der Waals surface area contributed by atoms with Crippen molar-refractivity contribution in [3.05, 3.63) is 17.5 Å². The minimum atomic E-state index is -0.803. The normalized spacial score (nSPS) is 24.8. The van der Waals surface area contributed by atoms with Gasteiger partial charge in [0.1, 0.15) is 12.2 Å². The molecule has 2 aliphatic heterocycles. The molecule has 3 heterocycles. The van der Waals surface area contributed by atoms with Gasteiger partial charge in [-0.2, -0.15) is 0 Å². The third-order valence-corrected chi connectivity index (χ3v) is 4.06.